The first-order valence-corrected chi connectivity index (χ1v) is 16.0. The topological polar surface area (TPSA) is 193 Å². The first kappa shape index (κ1) is 38.2. The zero-order chi connectivity index (χ0) is 32.1. The molecule has 2 amide bonds. The minimum absolute atomic E-state index is 0.00147. The summed E-state index contributed by atoms with van der Waals surface area (Å²) in [7, 11) is -3.19. The number of aliphatic hydroxyl groups is 2. The molecule has 0 aliphatic carbocycles. The maximum atomic E-state index is 12.7. The molecule has 1 fully saturated rings. The number of nitrogens with two attached hydrogens (primary N) is 1. The van der Waals surface area contributed by atoms with Gasteiger partial charge in [-0.15, -0.1) is 0 Å². The molecule has 42 heavy (non-hydrogen) atoms. The minimum Gasteiger partial charge on any atom is -0.396 e. The van der Waals surface area contributed by atoms with Gasteiger partial charge in [0.1, 0.15) is 18.0 Å². The highest BCUT2D eigenvalue weighted by molar-refractivity contribution is 7.47. The summed E-state index contributed by atoms with van der Waals surface area (Å²) in [5, 5.41) is 23.5. The van der Waals surface area contributed by atoms with Crippen molar-refractivity contribution in [2.24, 2.45) is 27.5 Å². The lowest BCUT2D eigenvalue weighted by Crippen LogP contribution is -2.41. The average molecular weight is 621 g/mol. The number of unbranched alkanes of at least 4 members (excludes halogenated alkanes) is 1. The number of hydrogen-bond donors (Lipinski definition) is 5. The Morgan fingerprint density at radius 1 is 1.26 bits per heavy atom. The fourth-order valence-corrected chi connectivity index (χ4v) is 6.26. The van der Waals surface area contributed by atoms with E-state index in [-0.39, 0.29) is 35.8 Å². The van der Waals surface area contributed by atoms with E-state index in [0.717, 1.165) is 11.3 Å². The molecule has 0 saturated carbocycles. The second-order valence-corrected chi connectivity index (χ2v) is 14.2. The third kappa shape index (κ3) is 14.1. The average Bonchev–Trinajstić information content (AvgIpc) is 3.18. The molecule has 6 N–H and O–H groups in total. The lowest BCUT2D eigenvalue weighted by atomic mass is 9.74. The third-order valence-electron chi connectivity index (χ3n) is 6.80. The van der Waals surface area contributed by atoms with E-state index in [0.29, 0.717) is 45.1 Å². The molecule has 0 spiro atoms. The van der Waals surface area contributed by atoms with Crippen molar-refractivity contribution in [2.45, 2.75) is 105 Å². The Morgan fingerprint density at radius 3 is 2.48 bits per heavy atom. The van der Waals surface area contributed by atoms with Crippen molar-refractivity contribution in [3.63, 3.8) is 0 Å². The van der Waals surface area contributed by atoms with E-state index >= 15 is 0 Å². The Balaban J connectivity index is 2.56. The molecule has 6 atom stereocenters. The van der Waals surface area contributed by atoms with Crippen molar-refractivity contribution in [1.29, 1.82) is 0 Å². The Bertz CT molecular complexity index is 954. The molecule has 1 saturated heterocycles. The van der Waals surface area contributed by atoms with Gasteiger partial charge in [-0.3, -0.25) is 28.5 Å². The van der Waals surface area contributed by atoms with Crippen LogP contribution in [0.5, 0.6) is 0 Å². The number of ether oxygens (including phenoxy) is 1. The Hall–Kier alpha value is -1.86. The summed E-state index contributed by atoms with van der Waals surface area (Å²) >= 11 is 0. The van der Waals surface area contributed by atoms with Crippen LogP contribution in [-0.2, 0) is 27.9 Å². The number of nitrogens with zero attached hydrogens (tertiary/aromatic N) is 2. The molecular weight excluding hydrogens is 567 g/mol. The maximum Gasteiger partial charge on any atom is 0.472 e. The SMILES string of the molecule is CCC1OC(N(C=O)/C=C\C(N)=NC)C(O)C1OP(=O)(O)OCC(CO)CCCCNC(=O)CC(C)(C)CC(C)(C)C. The molecule has 14 heteroatoms. The van der Waals surface area contributed by atoms with Gasteiger partial charge in [0.2, 0.25) is 12.3 Å². The summed E-state index contributed by atoms with van der Waals surface area (Å²) in [5.41, 5.74) is 5.63. The van der Waals surface area contributed by atoms with Crippen LogP contribution in [0.2, 0.25) is 0 Å². The number of carbonyl (C=O) groups excluding carboxylic acids is 2. The van der Waals surface area contributed by atoms with Crippen LogP contribution >= 0.6 is 7.82 Å². The van der Waals surface area contributed by atoms with E-state index in [2.05, 4.69) is 44.9 Å². The minimum atomic E-state index is -4.66. The Kier molecular flexibility index (Phi) is 15.8. The Morgan fingerprint density at radius 2 is 1.93 bits per heavy atom. The van der Waals surface area contributed by atoms with Crippen LogP contribution in [-0.4, -0.2) is 89.5 Å². The van der Waals surface area contributed by atoms with Crippen LogP contribution in [0.25, 0.3) is 0 Å². The van der Waals surface area contributed by atoms with E-state index in [1.165, 1.54) is 19.3 Å². The fourth-order valence-electron chi connectivity index (χ4n) is 5.23. The van der Waals surface area contributed by atoms with Gasteiger partial charge >= 0.3 is 7.82 Å². The highest BCUT2D eigenvalue weighted by Gasteiger charge is 2.49. The fraction of sp³-hybridized carbons (Fsp3) is 0.821. The first-order chi connectivity index (χ1) is 19.5. The maximum absolute atomic E-state index is 12.7. The first-order valence-electron chi connectivity index (χ1n) is 14.5. The number of nitrogens with one attached hydrogen (secondary N) is 1. The summed E-state index contributed by atoms with van der Waals surface area (Å²) in [6.45, 7) is 12.4. The molecule has 0 aromatic rings. The van der Waals surface area contributed by atoms with Gasteiger partial charge in [0.15, 0.2) is 6.23 Å². The van der Waals surface area contributed by atoms with Crippen LogP contribution < -0.4 is 11.1 Å². The summed E-state index contributed by atoms with van der Waals surface area (Å²) in [4.78, 5) is 39.1. The van der Waals surface area contributed by atoms with Crippen molar-refractivity contribution in [3.8, 4) is 0 Å². The standard InChI is InChI=1S/C28H53N4O9P/c1-8-21-25(24(36)26(40-21)32(19-34)14-12-22(29)30-7)41-42(37,38)39-17-20(16-33)11-9-10-13-31-23(35)15-28(5,6)18-27(2,3)4/h12,14,19-21,24-26,33,36H,8-11,13,15-18H2,1-7H3,(H2,29,30)(H,31,35)(H,37,38)/b14-12-. The predicted octanol–water partition coefficient (Wildman–Crippen LogP) is 2.69. The number of phosphoric acid groups is 1. The number of carbonyl (C=O) groups is 2. The second kappa shape index (κ2) is 17.4. The number of amides is 2. The summed E-state index contributed by atoms with van der Waals surface area (Å²) in [6.07, 6.45) is 1.86. The van der Waals surface area contributed by atoms with E-state index < -0.39 is 38.3 Å². The lowest BCUT2D eigenvalue weighted by Gasteiger charge is -2.31. The van der Waals surface area contributed by atoms with Gasteiger partial charge in [0.25, 0.3) is 0 Å². The molecule has 1 aliphatic heterocycles. The van der Waals surface area contributed by atoms with Gasteiger partial charge in [-0.1, -0.05) is 48.0 Å². The van der Waals surface area contributed by atoms with Crippen molar-refractivity contribution in [3.05, 3.63) is 12.3 Å². The quantitative estimate of drug-likeness (QED) is 0.0471. The number of rotatable bonds is 19. The second-order valence-electron chi connectivity index (χ2n) is 12.8. The molecule has 244 valence electrons. The molecule has 13 nitrogen and oxygen atoms in total. The molecule has 1 aliphatic rings. The van der Waals surface area contributed by atoms with Crippen LogP contribution in [0, 0.1) is 16.7 Å². The number of hydrogen-bond acceptors (Lipinski definition) is 9. The van der Waals surface area contributed by atoms with E-state index in [1.807, 2.05) is 0 Å². The van der Waals surface area contributed by atoms with E-state index in [9.17, 15) is 29.3 Å². The smallest absolute Gasteiger partial charge is 0.396 e. The molecule has 1 rings (SSSR count). The van der Waals surface area contributed by atoms with Gasteiger partial charge < -0.3 is 30.9 Å². The molecule has 0 radical (unpaired) electrons. The van der Waals surface area contributed by atoms with E-state index in [1.54, 1.807) is 6.92 Å². The highest BCUT2D eigenvalue weighted by atomic mass is 31.2. The predicted molar refractivity (Wildman–Crippen MR) is 160 cm³/mol. The van der Waals surface area contributed by atoms with Crippen molar-refractivity contribution in [1.82, 2.24) is 10.2 Å². The lowest BCUT2D eigenvalue weighted by molar-refractivity contribution is -0.131. The van der Waals surface area contributed by atoms with Crippen molar-refractivity contribution in [2.75, 3.05) is 26.8 Å². The van der Waals surface area contributed by atoms with Crippen LogP contribution in [0.3, 0.4) is 0 Å². The Labute approximate surface area is 250 Å². The molecule has 0 aromatic carbocycles. The van der Waals surface area contributed by atoms with Crippen molar-refractivity contribution < 1.29 is 43.0 Å². The van der Waals surface area contributed by atoms with Crippen LogP contribution in [0.1, 0.15) is 80.1 Å². The number of phosphoric ester groups is 1. The number of aliphatic hydroxyl groups excluding tert-OH is 2. The summed E-state index contributed by atoms with van der Waals surface area (Å²) < 4.78 is 28.9. The van der Waals surface area contributed by atoms with Gasteiger partial charge in [-0.05, 0) is 42.6 Å². The van der Waals surface area contributed by atoms with Crippen LogP contribution in [0.4, 0.5) is 0 Å². The van der Waals surface area contributed by atoms with Crippen molar-refractivity contribution >= 4 is 26.0 Å². The molecular formula is C28H53N4O9P. The largest absolute Gasteiger partial charge is 0.472 e. The van der Waals surface area contributed by atoms with Gasteiger partial charge in [0.05, 0.1) is 12.7 Å². The number of amidine groups is 1. The van der Waals surface area contributed by atoms with E-state index in [4.69, 9.17) is 19.5 Å². The number of aliphatic imine (C=N–C) groups is 1. The van der Waals surface area contributed by atoms with Crippen LogP contribution in [0.15, 0.2) is 17.3 Å². The monoisotopic (exact) mass is 620 g/mol. The van der Waals surface area contributed by atoms with Gasteiger partial charge in [-0.2, -0.15) is 0 Å². The van der Waals surface area contributed by atoms with Gasteiger partial charge in [0, 0.05) is 38.7 Å². The zero-order valence-electron chi connectivity index (χ0n) is 26.2. The molecule has 1 heterocycles. The normalized spacial score (nSPS) is 24.0. The molecule has 0 aromatic heterocycles. The molecule has 0 bridgehead atoms. The zero-order valence-corrected chi connectivity index (χ0v) is 27.1. The summed E-state index contributed by atoms with van der Waals surface area (Å²) in [5.74, 6) is -0.292. The third-order valence-corrected chi connectivity index (χ3v) is 7.78. The summed E-state index contributed by atoms with van der Waals surface area (Å²) in [6, 6.07) is 0. The molecule has 6 unspecified atom stereocenters. The highest BCUT2D eigenvalue weighted by Crippen LogP contribution is 2.48. The van der Waals surface area contributed by atoms with Gasteiger partial charge in [-0.25, -0.2) is 4.57 Å².